The number of hydrogen-bond donors (Lipinski definition) is 16. The van der Waals surface area contributed by atoms with Crippen molar-refractivity contribution in [2.75, 3.05) is 21.3 Å². The van der Waals surface area contributed by atoms with Crippen molar-refractivity contribution in [2.24, 2.45) is 32.2 Å². The summed E-state index contributed by atoms with van der Waals surface area (Å²) in [6, 6.07) is 0. The minimum Gasteiger partial charge on any atom is -0.547 e. The largest absolute Gasteiger partial charge is 1.00 e. The zero-order chi connectivity index (χ0) is 100. The van der Waals surface area contributed by atoms with E-state index in [9.17, 15) is 179 Å². The van der Waals surface area contributed by atoms with Crippen LogP contribution in [0.1, 0.15) is 72.1 Å². The van der Waals surface area contributed by atoms with Crippen molar-refractivity contribution in [3.63, 3.8) is 0 Å². The van der Waals surface area contributed by atoms with E-state index in [2.05, 4.69) is 20.4 Å². The van der Waals surface area contributed by atoms with Gasteiger partial charge in [-0.05, 0) is 32.6 Å². The third-order valence-electron chi connectivity index (χ3n) is 20.6. The number of unbranched alkanes of at least 4 members (excludes halogenated alkanes) is 2. The van der Waals surface area contributed by atoms with E-state index in [0.717, 1.165) is 42.1 Å². The van der Waals surface area contributed by atoms with E-state index < -0.39 is 342 Å². The van der Waals surface area contributed by atoms with Crippen molar-refractivity contribution in [3.8, 4) is 0 Å². The smallest absolute Gasteiger partial charge is 0.547 e. The zero-order valence-corrected chi connectivity index (χ0v) is 97.4. The standard InChI is InChI=1S/C72H104N8O54.9Na/c1-21-34(87)41(94)70(130-46(21)59(99)100)121-24(15-73-77-27(83)11-7-8-12-28(84)78-74-16-25(122-72-45(98)38(91)51(117-4)55(134-72)64(109)110)49(62(105)106)128-33(20-82)129-52-37(90)36(89)23(3)120-56(52)65(111)112)48(61(103)104)124-31(126-53-39(92)43(96)68(118-5)132-57(53)66(113)114)17-75-79-29(85)13-9-10-14-30(86)80-76-18-32(127-54-40(93)44(97)69(119-6)133-58(54)67(115)116)125-50(63(107)108)26(19-81)123-71-42(95)35(88)22(2)47(131-71)60(101)102;;;;;;;;;/h15-26,31-58,68-72,87-98H,7-14H2,1-6H3,(H,77,83)(H,78,84)(H,79,85)(H,80,86)(H,99,100)(H,101,102)(H,103,104)(H,105,106)(H,107,108)(H,109,110)(H,111,112)(H,113,114)(H,115,116);;;;;;;;;/q;9*+1/p-9/b73-15+,74-16+,75-17+,76-18+;;;;;;;;;/t21?,22?,23?,24?,25?,26-,31?,32?,33?,34?,35?,36?,37?,38?,39?,40?,41?,42?,43?,44?,45?,46?,47?,48+,49?,50?,51?,52?,53?,54?,55?,56?,57?,58?,68?,69?,70?,71?,72?;;;;;;;;;/m0........./s1. The minimum absolute atomic E-state index is 0. The van der Waals surface area contributed by atoms with Gasteiger partial charge in [0, 0.05) is 58.8 Å². The molecule has 0 saturated carbocycles. The molecular weight excluding hydrogens is 2050 g/mol. The number of carbonyl (C=O) groups excluding carboxylic acids is 15. The molecule has 16 N–H and O–H groups in total. The number of aliphatic carboxylic acids is 9. The van der Waals surface area contributed by atoms with Gasteiger partial charge < -0.3 is 240 Å². The first-order valence-electron chi connectivity index (χ1n) is 39.7. The molecule has 0 spiro atoms. The molecule has 0 bridgehead atoms. The summed E-state index contributed by atoms with van der Waals surface area (Å²) in [6.45, 7) is 3.27. The second kappa shape index (κ2) is 72.6. The van der Waals surface area contributed by atoms with Gasteiger partial charge in [0.25, 0.3) is 0 Å². The van der Waals surface area contributed by atoms with Gasteiger partial charge in [-0.1, -0.05) is 13.8 Å². The van der Waals surface area contributed by atoms with Gasteiger partial charge in [0.1, 0.15) is 159 Å². The molecule has 37 unspecified atom stereocenters. The number of hydrazone groups is 4. The first-order chi connectivity index (χ1) is 63.1. The summed E-state index contributed by atoms with van der Waals surface area (Å²) in [4.78, 5) is 189. The van der Waals surface area contributed by atoms with Crippen LogP contribution in [0.5, 0.6) is 0 Å². The molecule has 0 aromatic heterocycles. The van der Waals surface area contributed by atoms with E-state index in [1.54, 1.807) is 0 Å². The number of rotatable bonds is 53. The molecular formula is C72H95N8Na9O54. The molecule has 71 heteroatoms. The topological polar surface area (TPSA) is 970 Å². The number of carbonyl (C=O) groups is 15. The van der Waals surface area contributed by atoms with Crippen LogP contribution in [0, 0.1) is 11.8 Å². The summed E-state index contributed by atoms with van der Waals surface area (Å²) in [6.07, 6.45) is -88.8. The van der Waals surface area contributed by atoms with Crippen LogP contribution in [0.25, 0.3) is 0 Å². The number of aldehydes is 2. The molecule has 62 nitrogen and oxygen atoms in total. The maximum atomic E-state index is 13.3. The van der Waals surface area contributed by atoms with Gasteiger partial charge >= 0.3 is 266 Å². The number of hydrogen-bond acceptors (Lipinski definition) is 58. The second-order valence-electron chi connectivity index (χ2n) is 29.9. The average molecular weight is 2140 g/mol. The molecule has 4 amide bonds. The van der Waals surface area contributed by atoms with Gasteiger partial charge in [-0.2, -0.15) is 20.4 Å². The number of ether oxygens (including phenoxy) is 18. The van der Waals surface area contributed by atoms with Gasteiger partial charge in [-0.3, -0.25) is 24.0 Å². The summed E-state index contributed by atoms with van der Waals surface area (Å²) < 4.78 is 93.8. The average Bonchev–Trinajstić information content (AvgIpc) is 0.812. The Morgan fingerprint density at radius 3 is 0.832 bits per heavy atom. The fourth-order valence-electron chi connectivity index (χ4n) is 13.4. The summed E-state index contributed by atoms with van der Waals surface area (Å²) >= 11 is 0. The van der Waals surface area contributed by atoms with Crippen molar-refractivity contribution in [2.45, 2.75) is 299 Å². The molecule has 6 saturated heterocycles. The quantitative estimate of drug-likeness (QED) is 0.00671. The van der Waals surface area contributed by atoms with Crippen LogP contribution in [-0.4, -0.2) is 425 Å². The summed E-state index contributed by atoms with van der Waals surface area (Å²) in [5.74, 6) is -27.2. The number of aliphatic hydroxyl groups excluding tert-OH is 12. The third-order valence-corrected chi connectivity index (χ3v) is 20.6. The Morgan fingerprint density at radius 2 is 0.538 bits per heavy atom. The van der Waals surface area contributed by atoms with E-state index in [0.29, 0.717) is 24.9 Å². The number of carboxylic acids is 9. The molecule has 0 radical (unpaired) electrons. The molecule has 39 atom stereocenters. The maximum absolute atomic E-state index is 13.3. The Hall–Kier alpha value is -1.07. The van der Waals surface area contributed by atoms with Gasteiger partial charge in [-0.15, -0.1) is 0 Å². The van der Waals surface area contributed by atoms with Crippen LogP contribution in [0.3, 0.4) is 0 Å². The molecule has 6 heterocycles. The number of nitrogens with zero attached hydrogens (tertiary/aromatic N) is 4. The van der Waals surface area contributed by atoms with Crippen molar-refractivity contribution in [1.82, 2.24) is 21.7 Å². The van der Waals surface area contributed by atoms with E-state index in [1.165, 1.54) is 0 Å². The van der Waals surface area contributed by atoms with Crippen LogP contribution in [0.2, 0.25) is 0 Å². The number of nitrogens with one attached hydrogen (secondary N) is 4. The Balaban J connectivity index is -0.0000107. The van der Waals surface area contributed by atoms with Crippen molar-refractivity contribution in [3.05, 3.63) is 0 Å². The van der Waals surface area contributed by atoms with Gasteiger partial charge in [0.05, 0.1) is 96.9 Å². The number of methoxy groups -OCH3 is 3. The summed E-state index contributed by atoms with van der Waals surface area (Å²) in [5, 5.41) is 255. The molecule has 756 valence electrons. The molecule has 0 aliphatic carbocycles. The van der Waals surface area contributed by atoms with Crippen LogP contribution in [-0.2, 0) is 157 Å². The number of carboxylic acid groups (broad SMARTS) is 9. The monoisotopic (exact) mass is 2140 g/mol. The summed E-state index contributed by atoms with van der Waals surface area (Å²) in [7, 11) is 2.66. The predicted molar refractivity (Wildman–Crippen MR) is 389 cm³/mol. The Morgan fingerprint density at radius 1 is 0.294 bits per heavy atom. The van der Waals surface area contributed by atoms with Crippen LogP contribution >= 0.6 is 0 Å². The first kappa shape index (κ1) is 148. The van der Waals surface area contributed by atoms with E-state index in [-0.39, 0.29) is 304 Å². The number of aliphatic hydroxyl groups is 12. The van der Waals surface area contributed by atoms with E-state index in [1.807, 2.05) is 21.7 Å². The summed E-state index contributed by atoms with van der Waals surface area (Å²) in [5.41, 5.74) is 7.60. The van der Waals surface area contributed by atoms with Crippen molar-refractivity contribution < 1.29 is 530 Å². The Labute approximate surface area is 1010 Å². The van der Waals surface area contributed by atoms with E-state index in [4.69, 9.17) is 85.3 Å². The van der Waals surface area contributed by atoms with Crippen molar-refractivity contribution >= 4 is 115 Å². The molecule has 6 fully saturated rings. The molecule has 6 aliphatic rings. The molecule has 143 heavy (non-hydrogen) atoms. The Kier molecular flexibility index (Phi) is 75.2. The zero-order valence-electron chi connectivity index (χ0n) is 79.4. The van der Waals surface area contributed by atoms with Gasteiger partial charge in [0.15, 0.2) is 56.6 Å². The fraction of sp³-hybridized carbons (Fsp3) is 0.736. The van der Waals surface area contributed by atoms with Gasteiger partial charge in [0.2, 0.25) is 29.9 Å². The minimum atomic E-state index is -2.93. The number of amides is 4. The second-order valence-corrected chi connectivity index (χ2v) is 29.9. The molecule has 0 aromatic rings. The van der Waals surface area contributed by atoms with Crippen molar-refractivity contribution in [1.29, 1.82) is 0 Å². The fourth-order valence-corrected chi connectivity index (χ4v) is 13.4. The predicted octanol–water partition coefficient (Wildman–Crippen LogP) is -52.5. The molecule has 6 rings (SSSR count). The van der Waals surface area contributed by atoms with Crippen LogP contribution in [0.4, 0.5) is 0 Å². The Bertz CT molecular complexity index is 4150. The van der Waals surface area contributed by atoms with E-state index >= 15 is 0 Å². The van der Waals surface area contributed by atoms with Crippen LogP contribution < -0.4 is 334 Å². The molecule has 6 aliphatic heterocycles. The molecule has 0 aromatic carbocycles. The first-order valence-corrected chi connectivity index (χ1v) is 39.7. The normalized spacial score (nSPS) is 32.3. The SMILES string of the molecule is COC1OC(C(=O)[O-])C(OC(/C=N/NC(=O)CCCCC(=O)N/N=C/C(OC2C(C(=O)[O-])OC(OC)C(O)C2O)O[C@@H](C(=O)[O-])C(/C=N/NC(=O)CCCCC(=O)N/N=C/C(OC2OC(C(=O)[O-])C(OC)C(O)C2O)C(OC(C=O)OC2C(C(=O)[O-])OC(C)C(O)C2O)C(=O)[O-])OC2OC(C(=O)[O-])C(C)C(O)C2O)OC(C(=O)[O-])[C@H](C=O)OC2OC(C(=O)[O-])C(C)C(O)C2O)C(O)C1O.[Na+].[Na+].[Na+].[Na+].[Na+].[Na+].[Na+].[Na+].[Na+]. The van der Waals surface area contributed by atoms with Gasteiger partial charge in [-0.25, -0.2) is 21.7 Å². The maximum Gasteiger partial charge on any atom is 1.00 e. The third kappa shape index (κ3) is 43.2. The van der Waals surface area contributed by atoms with Crippen LogP contribution in [0.15, 0.2) is 20.4 Å².